The fraction of sp³-hybridized carbons (Fsp3) is 0.429. The van der Waals surface area contributed by atoms with Crippen LogP contribution in [0.4, 0.5) is 0 Å². The summed E-state index contributed by atoms with van der Waals surface area (Å²) in [6.45, 7) is 11.5. The Balaban J connectivity index is 2.28. The largest absolute Gasteiger partial charge is 0.481 e. The Morgan fingerprint density at radius 3 is 2.08 bits per heavy atom. The van der Waals surface area contributed by atoms with E-state index in [-0.39, 0.29) is 0 Å². The third kappa shape index (κ3) is 4.30. The Kier molecular flexibility index (Phi) is 5.24. The van der Waals surface area contributed by atoms with Crippen LogP contribution in [0.25, 0.3) is 0 Å². The molecule has 3 heteroatoms. The van der Waals surface area contributed by atoms with Crippen molar-refractivity contribution < 1.29 is 14.6 Å². The predicted octanol–water partition coefficient (Wildman–Crippen LogP) is 5.53. The summed E-state index contributed by atoms with van der Waals surface area (Å²) in [7, 11) is 0. The molecule has 0 radical (unpaired) electrons. The molecule has 0 saturated carbocycles. The third-order valence-electron chi connectivity index (χ3n) is 4.44. The zero-order chi connectivity index (χ0) is 18.0. The van der Waals surface area contributed by atoms with Gasteiger partial charge in [0.05, 0.1) is 5.60 Å². The zero-order valence-electron chi connectivity index (χ0n) is 15.5. The summed E-state index contributed by atoms with van der Waals surface area (Å²) in [5, 5.41) is 10.3. The molecular weight excluding hydrogens is 300 g/mol. The first kappa shape index (κ1) is 18.3. The van der Waals surface area contributed by atoms with Crippen molar-refractivity contribution in [3.63, 3.8) is 0 Å². The van der Waals surface area contributed by atoms with Gasteiger partial charge in [-0.3, -0.25) is 0 Å². The number of ether oxygens (including phenoxy) is 2. The lowest BCUT2D eigenvalue weighted by Gasteiger charge is -2.37. The van der Waals surface area contributed by atoms with Gasteiger partial charge in [-0.25, -0.2) is 0 Å². The van der Waals surface area contributed by atoms with E-state index in [1.165, 1.54) is 5.56 Å². The normalized spacial score (nSPS) is 12.3. The first-order valence-electron chi connectivity index (χ1n) is 8.38. The molecule has 0 aromatic heterocycles. The first-order valence-corrected chi connectivity index (χ1v) is 8.38. The number of hydrogen-bond acceptors (Lipinski definition) is 3. The number of hydrogen-bond donors (Lipinski definition) is 1. The average molecular weight is 328 g/mol. The van der Waals surface area contributed by atoms with Crippen molar-refractivity contribution >= 4 is 0 Å². The van der Waals surface area contributed by atoms with Crippen molar-refractivity contribution in [3.05, 3.63) is 54.1 Å². The number of aliphatic hydroxyl groups is 1. The average Bonchev–Trinajstić information content (AvgIpc) is 2.48. The van der Waals surface area contributed by atoms with Gasteiger partial charge in [-0.05, 0) is 63.4 Å². The number of rotatable bonds is 6. The summed E-state index contributed by atoms with van der Waals surface area (Å²) < 4.78 is 12.1. The Bertz CT molecular complexity index is 681. The molecule has 0 aliphatic carbocycles. The molecule has 0 fully saturated rings. The fourth-order valence-corrected chi connectivity index (χ4v) is 2.08. The van der Waals surface area contributed by atoms with Gasteiger partial charge in [-0.2, -0.15) is 0 Å². The maximum Gasteiger partial charge on any atom is 0.169 e. The van der Waals surface area contributed by atoms with Crippen LogP contribution in [-0.2, 0) is 0 Å². The SMILES string of the molecule is CC(C)c1cccc(Oc2ccccc2OC(C)(C)C(C)(C)O)c1. The summed E-state index contributed by atoms with van der Waals surface area (Å²) in [5.74, 6) is 2.46. The van der Waals surface area contributed by atoms with Gasteiger partial charge < -0.3 is 14.6 Å². The molecule has 0 bridgehead atoms. The predicted molar refractivity (Wildman–Crippen MR) is 98.1 cm³/mol. The summed E-state index contributed by atoms with van der Waals surface area (Å²) >= 11 is 0. The molecule has 0 aliphatic rings. The van der Waals surface area contributed by atoms with Crippen molar-refractivity contribution in [2.75, 3.05) is 0 Å². The molecule has 2 aromatic rings. The lowest BCUT2D eigenvalue weighted by Crippen LogP contribution is -2.49. The molecule has 0 heterocycles. The molecule has 130 valence electrons. The maximum absolute atomic E-state index is 10.3. The summed E-state index contributed by atoms with van der Waals surface area (Å²) in [6.07, 6.45) is 0. The molecule has 1 N–H and O–H groups in total. The minimum Gasteiger partial charge on any atom is -0.481 e. The van der Waals surface area contributed by atoms with Crippen LogP contribution < -0.4 is 9.47 Å². The van der Waals surface area contributed by atoms with Crippen LogP contribution in [0.15, 0.2) is 48.5 Å². The van der Waals surface area contributed by atoms with Crippen molar-refractivity contribution in [1.29, 1.82) is 0 Å². The molecular formula is C21H28O3. The fourth-order valence-electron chi connectivity index (χ4n) is 2.08. The second kappa shape index (κ2) is 6.86. The highest BCUT2D eigenvalue weighted by Gasteiger charge is 2.38. The monoisotopic (exact) mass is 328 g/mol. The van der Waals surface area contributed by atoms with Crippen LogP contribution in [0.5, 0.6) is 17.2 Å². The van der Waals surface area contributed by atoms with Gasteiger partial charge in [-0.15, -0.1) is 0 Å². The number of benzene rings is 2. The van der Waals surface area contributed by atoms with Gasteiger partial charge in [0.25, 0.3) is 0 Å². The molecule has 2 aromatic carbocycles. The van der Waals surface area contributed by atoms with Crippen molar-refractivity contribution in [1.82, 2.24) is 0 Å². The molecule has 0 unspecified atom stereocenters. The van der Waals surface area contributed by atoms with Gasteiger partial charge in [0.15, 0.2) is 11.5 Å². The smallest absolute Gasteiger partial charge is 0.169 e. The van der Waals surface area contributed by atoms with Gasteiger partial charge in [0, 0.05) is 0 Å². The van der Waals surface area contributed by atoms with Gasteiger partial charge in [0.2, 0.25) is 0 Å². The maximum atomic E-state index is 10.3. The van der Waals surface area contributed by atoms with E-state index in [0.717, 1.165) is 5.75 Å². The van der Waals surface area contributed by atoms with Crippen LogP contribution in [0.2, 0.25) is 0 Å². The zero-order valence-corrected chi connectivity index (χ0v) is 15.5. The minimum absolute atomic E-state index is 0.439. The van der Waals surface area contributed by atoms with E-state index in [0.29, 0.717) is 17.4 Å². The van der Waals surface area contributed by atoms with E-state index in [9.17, 15) is 5.11 Å². The lowest BCUT2D eigenvalue weighted by atomic mass is 9.89. The molecule has 3 nitrogen and oxygen atoms in total. The van der Waals surface area contributed by atoms with E-state index >= 15 is 0 Å². The van der Waals surface area contributed by atoms with Crippen LogP contribution >= 0.6 is 0 Å². The van der Waals surface area contributed by atoms with E-state index in [1.54, 1.807) is 13.8 Å². The summed E-state index contributed by atoms with van der Waals surface area (Å²) in [5.41, 5.74) is -0.521. The second-order valence-corrected chi connectivity index (χ2v) is 7.45. The van der Waals surface area contributed by atoms with E-state index < -0.39 is 11.2 Å². The minimum atomic E-state index is -0.988. The molecule has 0 spiro atoms. The Morgan fingerprint density at radius 2 is 1.50 bits per heavy atom. The van der Waals surface area contributed by atoms with Gasteiger partial charge >= 0.3 is 0 Å². The molecule has 0 aliphatic heterocycles. The van der Waals surface area contributed by atoms with E-state index in [1.807, 2.05) is 56.3 Å². The molecule has 2 rings (SSSR count). The quantitative estimate of drug-likeness (QED) is 0.757. The van der Waals surface area contributed by atoms with Crippen molar-refractivity contribution in [2.24, 2.45) is 0 Å². The van der Waals surface area contributed by atoms with E-state index in [4.69, 9.17) is 9.47 Å². The third-order valence-corrected chi connectivity index (χ3v) is 4.44. The van der Waals surface area contributed by atoms with Gasteiger partial charge in [-0.1, -0.05) is 38.1 Å². The highest BCUT2D eigenvalue weighted by atomic mass is 16.5. The molecule has 0 atom stereocenters. The first-order chi connectivity index (χ1) is 11.1. The highest BCUT2D eigenvalue weighted by molar-refractivity contribution is 5.44. The second-order valence-electron chi connectivity index (χ2n) is 7.45. The van der Waals surface area contributed by atoms with Crippen LogP contribution in [-0.4, -0.2) is 16.3 Å². The topological polar surface area (TPSA) is 38.7 Å². The Morgan fingerprint density at radius 1 is 0.875 bits per heavy atom. The van der Waals surface area contributed by atoms with Crippen molar-refractivity contribution in [2.45, 2.75) is 58.7 Å². The standard InChI is InChI=1S/C21H28O3/c1-15(2)16-10-9-11-17(14-16)23-18-12-7-8-13-19(18)24-21(5,6)20(3,4)22/h7-15,22H,1-6H3. The molecule has 0 saturated heterocycles. The molecule has 24 heavy (non-hydrogen) atoms. The highest BCUT2D eigenvalue weighted by Crippen LogP contribution is 2.36. The van der Waals surface area contributed by atoms with Crippen LogP contribution in [0.1, 0.15) is 53.0 Å². The van der Waals surface area contributed by atoms with Crippen LogP contribution in [0.3, 0.4) is 0 Å². The molecule has 0 amide bonds. The summed E-state index contributed by atoms with van der Waals surface area (Å²) in [6, 6.07) is 15.6. The number of para-hydroxylation sites is 2. The van der Waals surface area contributed by atoms with Crippen molar-refractivity contribution in [3.8, 4) is 17.2 Å². The summed E-state index contributed by atoms with van der Waals surface area (Å²) in [4.78, 5) is 0. The van der Waals surface area contributed by atoms with E-state index in [2.05, 4.69) is 19.9 Å². The van der Waals surface area contributed by atoms with Crippen LogP contribution in [0, 0.1) is 0 Å². The van der Waals surface area contributed by atoms with Gasteiger partial charge in [0.1, 0.15) is 11.4 Å². The Labute approximate surface area is 145 Å². The Hall–Kier alpha value is -2.00. The lowest BCUT2D eigenvalue weighted by molar-refractivity contribution is -0.0912.